The Balaban J connectivity index is -0.0000000329. The summed E-state index contributed by atoms with van der Waals surface area (Å²) in [7, 11) is 0. The molecule has 0 unspecified atom stereocenters. The third-order valence-electron chi connectivity index (χ3n) is 3.20. The van der Waals surface area contributed by atoms with Crippen molar-refractivity contribution < 1.29 is 91.2 Å². The fraction of sp³-hybridized carbons (Fsp3) is 0.111. The molecule has 31 heavy (non-hydrogen) atoms. The summed E-state index contributed by atoms with van der Waals surface area (Å²) in [5.41, 5.74) is 2.54. The SMILES string of the molecule is C1=COc2ccccc2C1.C1=COc2ccccc2C1.[O-2].[O-2].[O-2].[O-2].[O-2].[O-2].[O-2].[Sb+3].[Sb+3].[Ti+4].[Ti+4]. The zero-order valence-electron chi connectivity index (χ0n) is 15.9. The molecule has 4 rings (SSSR count). The molecule has 0 aliphatic carbocycles. The van der Waals surface area contributed by atoms with Crippen molar-refractivity contribution in [2.24, 2.45) is 0 Å². The monoisotopic (exact) mass is 714 g/mol. The minimum atomic E-state index is 0. The number of ether oxygens (including phenoxy) is 2. The summed E-state index contributed by atoms with van der Waals surface area (Å²) in [6.07, 6.45) is 9.50. The second kappa shape index (κ2) is 32.5. The van der Waals surface area contributed by atoms with E-state index in [2.05, 4.69) is 12.1 Å². The Hall–Kier alpha value is 0.305. The first-order valence-corrected chi connectivity index (χ1v) is 6.72. The fourth-order valence-corrected chi connectivity index (χ4v) is 2.17. The zero-order valence-corrected chi connectivity index (χ0v) is 24.1. The van der Waals surface area contributed by atoms with Crippen LogP contribution >= 0.6 is 0 Å². The van der Waals surface area contributed by atoms with Crippen LogP contribution in [0.25, 0.3) is 0 Å². The molecule has 0 atom stereocenters. The molecule has 2 aliphatic rings. The molecule has 9 nitrogen and oxygen atoms in total. The van der Waals surface area contributed by atoms with Gasteiger partial charge in [-0.15, -0.1) is 0 Å². The predicted molar refractivity (Wildman–Crippen MR) is 96.1 cm³/mol. The van der Waals surface area contributed by atoms with Gasteiger partial charge in [-0.2, -0.15) is 0 Å². The van der Waals surface area contributed by atoms with E-state index in [0.29, 0.717) is 0 Å². The first-order chi connectivity index (χ1) is 9.93. The van der Waals surface area contributed by atoms with E-state index in [4.69, 9.17) is 9.47 Å². The first-order valence-electron chi connectivity index (χ1n) is 6.72. The Morgan fingerprint density at radius 3 is 1.06 bits per heavy atom. The van der Waals surface area contributed by atoms with Crippen LogP contribution in [0.4, 0.5) is 0 Å². The van der Waals surface area contributed by atoms with E-state index in [1.165, 1.54) is 11.1 Å². The van der Waals surface area contributed by atoms with Crippen molar-refractivity contribution in [1.82, 2.24) is 0 Å². The number of hydrogen-bond acceptors (Lipinski definition) is 2. The number of para-hydroxylation sites is 2. The smallest absolute Gasteiger partial charge is 2.00 e. The Kier molecular flexibility index (Phi) is 60.6. The second-order valence-electron chi connectivity index (χ2n) is 4.60. The van der Waals surface area contributed by atoms with Crippen molar-refractivity contribution >= 4 is 48.9 Å². The Labute approximate surface area is 246 Å². The van der Waals surface area contributed by atoms with Crippen LogP contribution in [0, 0.1) is 0 Å². The van der Waals surface area contributed by atoms with Gasteiger partial charge in [0, 0.05) is 0 Å². The molecule has 160 valence electrons. The fourth-order valence-electron chi connectivity index (χ4n) is 2.17. The summed E-state index contributed by atoms with van der Waals surface area (Å²) >= 11 is 0. The van der Waals surface area contributed by atoms with Crippen molar-refractivity contribution in [3.63, 3.8) is 0 Å². The van der Waals surface area contributed by atoms with Gasteiger partial charge in [-0.05, 0) is 48.3 Å². The van der Waals surface area contributed by atoms with Gasteiger partial charge in [0.1, 0.15) is 11.5 Å². The van der Waals surface area contributed by atoms with Gasteiger partial charge in [-0.3, -0.25) is 0 Å². The molecule has 2 aromatic rings. The summed E-state index contributed by atoms with van der Waals surface area (Å²) < 4.78 is 10.5. The summed E-state index contributed by atoms with van der Waals surface area (Å²) in [5, 5.41) is 0. The van der Waals surface area contributed by atoms with Gasteiger partial charge >= 0.3 is 92.3 Å². The van der Waals surface area contributed by atoms with Gasteiger partial charge < -0.3 is 47.8 Å². The van der Waals surface area contributed by atoms with Gasteiger partial charge in [0.2, 0.25) is 0 Å². The maximum atomic E-state index is 5.24. The molecule has 2 aliphatic heterocycles. The molecule has 0 amide bonds. The molecule has 0 fully saturated rings. The van der Waals surface area contributed by atoms with E-state index in [-0.39, 0.29) is 131 Å². The Bertz CT molecular complexity index is 566. The van der Waals surface area contributed by atoms with E-state index in [1.807, 2.05) is 48.6 Å². The Morgan fingerprint density at radius 1 is 0.484 bits per heavy atom. The van der Waals surface area contributed by atoms with Gasteiger partial charge in [-0.25, -0.2) is 0 Å². The number of benzene rings is 2. The third kappa shape index (κ3) is 18.4. The van der Waals surface area contributed by atoms with Crippen molar-refractivity contribution in [3.8, 4) is 11.5 Å². The van der Waals surface area contributed by atoms with Crippen molar-refractivity contribution in [2.75, 3.05) is 0 Å². The summed E-state index contributed by atoms with van der Waals surface area (Å²) in [6, 6.07) is 16.2. The van der Waals surface area contributed by atoms with E-state index in [1.54, 1.807) is 12.5 Å². The standard InChI is InChI=1S/2C9H8O.7O.2Sb.2Ti/c2*1-2-6-9-8(4-1)5-3-7-10-9;;;;;;;;;;;/h2*1-4,6-7H,5H2;;;;;;;;;;;/q;;7*-2;2*+3;2*+4. The molecule has 0 N–H and O–H groups in total. The van der Waals surface area contributed by atoms with Crippen molar-refractivity contribution in [2.45, 2.75) is 12.8 Å². The van der Waals surface area contributed by atoms with Gasteiger partial charge in [0.25, 0.3) is 0 Å². The van der Waals surface area contributed by atoms with E-state index >= 15 is 0 Å². The summed E-state index contributed by atoms with van der Waals surface area (Å²) in [6.45, 7) is 0. The molecule has 0 bridgehead atoms. The minimum Gasteiger partial charge on any atom is -2.00 e. The van der Waals surface area contributed by atoms with E-state index in [9.17, 15) is 0 Å². The van der Waals surface area contributed by atoms with Crippen LogP contribution in [0.3, 0.4) is 0 Å². The van der Waals surface area contributed by atoms with Gasteiger partial charge in [0.05, 0.1) is 12.5 Å². The Morgan fingerprint density at radius 2 is 0.774 bits per heavy atom. The zero-order chi connectivity index (χ0) is 13.6. The maximum Gasteiger partial charge on any atom is 4.00 e. The number of hydrogen-bond donors (Lipinski definition) is 0. The summed E-state index contributed by atoms with van der Waals surface area (Å²) in [5.74, 6) is 1.98. The molecule has 0 saturated heterocycles. The largest absolute Gasteiger partial charge is 4.00 e. The second-order valence-corrected chi connectivity index (χ2v) is 4.60. The topological polar surface area (TPSA) is 218 Å². The molecular weight excluding hydrogens is 699 g/mol. The average Bonchev–Trinajstić information content (AvgIpc) is 2.56. The molecule has 4 radical (unpaired) electrons. The van der Waals surface area contributed by atoms with Crippen LogP contribution in [-0.2, 0) is 94.6 Å². The van der Waals surface area contributed by atoms with Crippen LogP contribution in [0.5, 0.6) is 11.5 Å². The van der Waals surface area contributed by atoms with Crippen LogP contribution in [0.1, 0.15) is 11.1 Å². The van der Waals surface area contributed by atoms with Gasteiger partial charge in [-0.1, -0.05) is 36.4 Å². The number of rotatable bonds is 0. The first kappa shape index (κ1) is 57.8. The van der Waals surface area contributed by atoms with Gasteiger partial charge in [0.15, 0.2) is 0 Å². The van der Waals surface area contributed by atoms with E-state index < -0.39 is 0 Å². The number of fused-ring (bicyclic) bond motifs is 2. The van der Waals surface area contributed by atoms with Crippen LogP contribution in [0.15, 0.2) is 73.2 Å². The maximum absolute atomic E-state index is 5.24. The average molecular weight is 716 g/mol. The van der Waals surface area contributed by atoms with Crippen molar-refractivity contribution in [1.29, 1.82) is 0 Å². The minimum absolute atomic E-state index is 0. The van der Waals surface area contributed by atoms with Crippen LogP contribution in [-0.4, -0.2) is 48.9 Å². The van der Waals surface area contributed by atoms with Crippen LogP contribution in [0.2, 0.25) is 0 Å². The van der Waals surface area contributed by atoms with E-state index in [0.717, 1.165) is 24.3 Å². The van der Waals surface area contributed by atoms with Crippen molar-refractivity contribution in [3.05, 3.63) is 84.3 Å². The molecule has 0 aromatic heterocycles. The molecular formula is C18H16O9Sb2Ti2. The molecule has 0 spiro atoms. The molecule has 2 aromatic carbocycles. The quantitative estimate of drug-likeness (QED) is 0.376. The third-order valence-corrected chi connectivity index (χ3v) is 3.20. The number of allylic oxidation sites excluding steroid dienone is 2. The van der Waals surface area contributed by atoms with Crippen LogP contribution < -0.4 is 9.47 Å². The normalized spacial score (nSPS) is 9.03. The summed E-state index contributed by atoms with van der Waals surface area (Å²) in [4.78, 5) is 0. The molecule has 0 saturated carbocycles. The molecule has 13 heteroatoms. The predicted octanol–water partition coefficient (Wildman–Crippen LogP) is 2.67. The molecule has 2 heterocycles.